The summed E-state index contributed by atoms with van der Waals surface area (Å²) in [4.78, 5) is 11.2. The van der Waals surface area contributed by atoms with Crippen LogP contribution >= 0.6 is 0 Å². The van der Waals surface area contributed by atoms with Crippen molar-refractivity contribution in [1.82, 2.24) is 9.78 Å². The third kappa shape index (κ3) is 2.55. The molecule has 0 aliphatic heterocycles. The molecular formula is C12H16N2O. The highest BCUT2D eigenvalue weighted by Crippen LogP contribution is 2.19. The van der Waals surface area contributed by atoms with Gasteiger partial charge in [-0.3, -0.25) is 9.48 Å². The topological polar surface area (TPSA) is 34.9 Å². The monoisotopic (exact) mass is 204 g/mol. The van der Waals surface area contributed by atoms with E-state index in [1.807, 2.05) is 17.0 Å². The molecule has 3 heteroatoms. The molecule has 0 spiro atoms. The second-order valence-corrected chi connectivity index (χ2v) is 4.00. The van der Waals surface area contributed by atoms with Gasteiger partial charge >= 0.3 is 0 Å². The van der Waals surface area contributed by atoms with Crippen molar-refractivity contribution in [3.8, 4) is 0 Å². The van der Waals surface area contributed by atoms with Gasteiger partial charge in [0.05, 0.1) is 6.20 Å². The molecule has 0 bridgehead atoms. The minimum atomic E-state index is 0.277. The van der Waals surface area contributed by atoms with Gasteiger partial charge in [0.1, 0.15) is 0 Å². The molecule has 0 aromatic carbocycles. The van der Waals surface area contributed by atoms with E-state index in [1.54, 1.807) is 0 Å². The molecular weight excluding hydrogens is 188 g/mol. The van der Waals surface area contributed by atoms with Crippen molar-refractivity contribution in [2.24, 2.45) is 0 Å². The van der Waals surface area contributed by atoms with Crippen LogP contribution in [0, 0.1) is 0 Å². The van der Waals surface area contributed by atoms with E-state index in [0.717, 1.165) is 32.2 Å². The maximum atomic E-state index is 11.2. The van der Waals surface area contributed by atoms with Crippen LogP contribution in [0.5, 0.6) is 0 Å². The largest absolute Gasteiger partial charge is 0.295 e. The summed E-state index contributed by atoms with van der Waals surface area (Å²) < 4.78 is 1.92. The van der Waals surface area contributed by atoms with Gasteiger partial charge in [-0.2, -0.15) is 5.10 Å². The van der Waals surface area contributed by atoms with Crippen molar-refractivity contribution >= 4 is 5.78 Å². The van der Waals surface area contributed by atoms with Crippen molar-refractivity contribution in [3.63, 3.8) is 0 Å². The van der Waals surface area contributed by atoms with Crippen molar-refractivity contribution in [1.29, 1.82) is 0 Å². The Hall–Kier alpha value is -1.38. The molecule has 1 aliphatic carbocycles. The number of nitrogens with zero attached hydrogens (tertiary/aromatic N) is 2. The number of aryl methyl sites for hydroxylation is 1. The van der Waals surface area contributed by atoms with Crippen LogP contribution in [0.4, 0.5) is 0 Å². The second kappa shape index (κ2) is 4.43. The average Bonchev–Trinajstić information content (AvgIpc) is 2.65. The summed E-state index contributed by atoms with van der Waals surface area (Å²) in [5.74, 6) is 0.277. The van der Waals surface area contributed by atoms with Crippen LogP contribution in [-0.4, -0.2) is 15.6 Å². The number of aromatic nitrogens is 2. The van der Waals surface area contributed by atoms with E-state index in [4.69, 9.17) is 0 Å². The number of hydrogen-bond donors (Lipinski definition) is 0. The van der Waals surface area contributed by atoms with Crippen LogP contribution in [0.1, 0.15) is 31.7 Å². The first-order valence-electron chi connectivity index (χ1n) is 5.51. The molecule has 0 N–H and O–H groups in total. The number of carbonyl (C=O) groups excluding carboxylic acids is 1. The van der Waals surface area contributed by atoms with E-state index in [9.17, 15) is 4.79 Å². The van der Waals surface area contributed by atoms with Crippen molar-refractivity contribution in [2.75, 3.05) is 0 Å². The highest BCUT2D eigenvalue weighted by atomic mass is 16.1. The van der Waals surface area contributed by atoms with Gasteiger partial charge in [0.15, 0.2) is 5.78 Å². The van der Waals surface area contributed by atoms with Crippen molar-refractivity contribution in [2.45, 2.75) is 39.2 Å². The Kier molecular flexibility index (Phi) is 2.99. The third-order valence-electron chi connectivity index (χ3n) is 2.73. The molecule has 1 aliphatic rings. The lowest BCUT2D eigenvalue weighted by atomic mass is 9.94. The predicted molar refractivity (Wildman–Crippen MR) is 58.5 cm³/mol. The Bertz CT molecular complexity index is 390. The minimum absolute atomic E-state index is 0.277. The zero-order valence-corrected chi connectivity index (χ0v) is 9.07. The fourth-order valence-corrected chi connectivity index (χ4v) is 1.93. The number of rotatable bonds is 3. The first-order valence-corrected chi connectivity index (χ1v) is 5.51. The van der Waals surface area contributed by atoms with Crippen LogP contribution in [0.15, 0.2) is 24.0 Å². The second-order valence-electron chi connectivity index (χ2n) is 4.00. The molecule has 80 valence electrons. The summed E-state index contributed by atoms with van der Waals surface area (Å²) in [6, 6.07) is 0. The smallest absolute Gasteiger partial charge is 0.155 e. The molecule has 0 saturated carbocycles. The Balaban J connectivity index is 2.04. The van der Waals surface area contributed by atoms with Gasteiger partial charge in [-0.1, -0.05) is 5.57 Å². The summed E-state index contributed by atoms with van der Waals surface area (Å²) in [6.07, 6.45) is 9.43. The quantitative estimate of drug-likeness (QED) is 0.756. The normalized spacial score (nSPS) is 16.6. The molecule has 1 heterocycles. The average molecular weight is 204 g/mol. The van der Waals surface area contributed by atoms with Crippen molar-refractivity contribution in [3.05, 3.63) is 29.6 Å². The highest BCUT2D eigenvalue weighted by Gasteiger charge is 2.10. The van der Waals surface area contributed by atoms with Gasteiger partial charge in [0.25, 0.3) is 0 Å². The van der Waals surface area contributed by atoms with Crippen LogP contribution in [0.2, 0.25) is 0 Å². The lowest BCUT2D eigenvalue weighted by Gasteiger charge is -2.10. The fourth-order valence-electron chi connectivity index (χ4n) is 1.93. The van der Waals surface area contributed by atoms with E-state index >= 15 is 0 Å². The highest BCUT2D eigenvalue weighted by molar-refractivity contribution is 5.91. The fraction of sp³-hybridized carbons (Fsp3) is 0.500. The minimum Gasteiger partial charge on any atom is -0.295 e. The maximum Gasteiger partial charge on any atom is 0.155 e. The van der Waals surface area contributed by atoms with Gasteiger partial charge in [-0.05, 0) is 37.8 Å². The Morgan fingerprint density at radius 3 is 3.00 bits per heavy atom. The Labute approximate surface area is 89.8 Å². The first-order chi connectivity index (χ1) is 7.28. The molecule has 0 atom stereocenters. The first kappa shape index (κ1) is 10.1. The number of ketones is 1. The van der Waals surface area contributed by atoms with Crippen LogP contribution < -0.4 is 0 Å². The van der Waals surface area contributed by atoms with Crippen LogP contribution in [-0.2, 0) is 17.8 Å². The summed E-state index contributed by atoms with van der Waals surface area (Å²) in [7, 11) is 0. The van der Waals surface area contributed by atoms with Gasteiger partial charge < -0.3 is 0 Å². The van der Waals surface area contributed by atoms with Crippen molar-refractivity contribution < 1.29 is 4.79 Å². The van der Waals surface area contributed by atoms with E-state index in [2.05, 4.69) is 18.2 Å². The summed E-state index contributed by atoms with van der Waals surface area (Å²) >= 11 is 0. The lowest BCUT2D eigenvalue weighted by molar-refractivity contribution is -0.115. The summed E-state index contributed by atoms with van der Waals surface area (Å²) in [5.41, 5.74) is 2.46. The zero-order chi connectivity index (χ0) is 10.7. The molecule has 0 saturated heterocycles. The van der Waals surface area contributed by atoms with Gasteiger partial charge in [-0.15, -0.1) is 0 Å². The molecule has 1 aromatic rings. The molecule has 0 fully saturated rings. The molecule has 3 nitrogen and oxygen atoms in total. The van der Waals surface area contributed by atoms with E-state index in [1.165, 1.54) is 11.1 Å². The maximum absolute atomic E-state index is 11.2. The molecule has 1 aromatic heterocycles. The van der Waals surface area contributed by atoms with E-state index in [-0.39, 0.29) is 5.78 Å². The Morgan fingerprint density at radius 2 is 2.33 bits per heavy atom. The molecule has 0 radical (unpaired) electrons. The molecule has 15 heavy (non-hydrogen) atoms. The molecule has 2 rings (SSSR count). The zero-order valence-electron chi connectivity index (χ0n) is 9.07. The summed E-state index contributed by atoms with van der Waals surface area (Å²) in [5, 5.41) is 4.22. The van der Waals surface area contributed by atoms with E-state index < -0.39 is 0 Å². The lowest BCUT2D eigenvalue weighted by Crippen LogP contribution is -2.04. The van der Waals surface area contributed by atoms with Gasteiger partial charge in [0.2, 0.25) is 0 Å². The van der Waals surface area contributed by atoms with Crippen LogP contribution in [0.25, 0.3) is 0 Å². The van der Waals surface area contributed by atoms with Gasteiger partial charge in [-0.25, -0.2) is 0 Å². The summed E-state index contributed by atoms with van der Waals surface area (Å²) in [6.45, 7) is 2.97. The Morgan fingerprint density at radius 1 is 1.47 bits per heavy atom. The third-order valence-corrected chi connectivity index (χ3v) is 2.73. The predicted octanol–water partition coefficient (Wildman–Crippen LogP) is 2.12. The van der Waals surface area contributed by atoms with E-state index in [0.29, 0.717) is 0 Å². The number of hydrogen-bond acceptors (Lipinski definition) is 2. The van der Waals surface area contributed by atoms with Crippen LogP contribution in [0.3, 0.4) is 0 Å². The number of allylic oxidation sites excluding steroid dienone is 2. The molecule has 0 amide bonds. The number of carbonyl (C=O) groups is 1. The molecule has 0 unspecified atom stereocenters. The van der Waals surface area contributed by atoms with Gasteiger partial charge in [0, 0.05) is 19.2 Å². The SMILES string of the molecule is CCn1cc(CC2=CC(=O)CCC2)cn1. The standard InChI is InChI=1S/C12H16N2O/c1-2-14-9-11(8-13-14)6-10-4-3-5-12(15)7-10/h7-9H,2-6H2,1H3.